The van der Waals surface area contributed by atoms with E-state index >= 15 is 0 Å². The molecular formula is C11H16Cl2N2O2. The first kappa shape index (κ1) is 14.4. The summed E-state index contributed by atoms with van der Waals surface area (Å²) in [6.07, 6.45) is 0.835. The summed E-state index contributed by atoms with van der Waals surface area (Å²) < 4.78 is 5.10. The van der Waals surface area contributed by atoms with E-state index in [1.54, 1.807) is 17.0 Å². The highest BCUT2D eigenvalue weighted by Gasteiger charge is 2.28. The van der Waals surface area contributed by atoms with Crippen LogP contribution >= 0.6 is 24.0 Å². The summed E-state index contributed by atoms with van der Waals surface area (Å²) in [5.74, 6) is 0.515. The minimum atomic E-state index is -0.106. The number of nitrogens with two attached hydrogens (primary N) is 1. The highest BCUT2D eigenvalue weighted by atomic mass is 35.5. The van der Waals surface area contributed by atoms with Gasteiger partial charge in [-0.2, -0.15) is 0 Å². The van der Waals surface area contributed by atoms with E-state index in [1.165, 1.54) is 0 Å². The first-order valence-corrected chi connectivity index (χ1v) is 5.76. The molecule has 2 heterocycles. The normalized spacial score (nSPS) is 24.3. The van der Waals surface area contributed by atoms with E-state index in [9.17, 15) is 4.79 Å². The minimum absolute atomic E-state index is 0. The average molecular weight is 279 g/mol. The quantitative estimate of drug-likeness (QED) is 0.857. The zero-order valence-electron chi connectivity index (χ0n) is 9.56. The Hall–Kier alpha value is -0.710. The Labute approximate surface area is 111 Å². The van der Waals surface area contributed by atoms with Crippen LogP contribution in [0.4, 0.5) is 0 Å². The van der Waals surface area contributed by atoms with Crippen LogP contribution in [0.2, 0.25) is 5.22 Å². The van der Waals surface area contributed by atoms with Crippen molar-refractivity contribution in [2.75, 3.05) is 13.1 Å². The zero-order valence-corrected chi connectivity index (χ0v) is 11.1. The maximum absolute atomic E-state index is 12.0. The number of carbonyl (C=O) groups excluding carboxylic acids is 1. The van der Waals surface area contributed by atoms with Gasteiger partial charge in [-0.15, -0.1) is 12.4 Å². The third-order valence-corrected chi connectivity index (χ3v) is 3.25. The summed E-state index contributed by atoms with van der Waals surface area (Å²) in [6, 6.07) is 3.36. The Morgan fingerprint density at radius 2 is 2.29 bits per heavy atom. The van der Waals surface area contributed by atoms with Crippen LogP contribution in [0, 0.1) is 5.92 Å². The lowest BCUT2D eigenvalue weighted by molar-refractivity contribution is 0.0632. The molecule has 1 aliphatic heterocycles. The van der Waals surface area contributed by atoms with E-state index in [4.69, 9.17) is 21.8 Å². The van der Waals surface area contributed by atoms with Crippen LogP contribution in [0.25, 0.3) is 0 Å². The van der Waals surface area contributed by atoms with Gasteiger partial charge < -0.3 is 15.1 Å². The standard InChI is InChI=1S/C11H15ClN2O2.ClH/c1-7-6-14(5-4-8(7)13)11(15)9-2-3-10(12)16-9;/h2-3,7-8H,4-6,13H2,1H3;1H. The maximum atomic E-state index is 12.0. The van der Waals surface area contributed by atoms with Gasteiger partial charge >= 0.3 is 0 Å². The average Bonchev–Trinajstić information content (AvgIpc) is 2.68. The summed E-state index contributed by atoms with van der Waals surface area (Å²) in [5.41, 5.74) is 5.90. The zero-order chi connectivity index (χ0) is 11.7. The highest BCUT2D eigenvalue weighted by Crippen LogP contribution is 2.20. The molecule has 1 aliphatic rings. The monoisotopic (exact) mass is 278 g/mol. The first-order chi connectivity index (χ1) is 7.58. The molecule has 4 nitrogen and oxygen atoms in total. The molecule has 0 saturated carbocycles. The molecule has 0 spiro atoms. The maximum Gasteiger partial charge on any atom is 0.289 e. The van der Waals surface area contributed by atoms with Crippen LogP contribution in [0.1, 0.15) is 23.9 Å². The predicted octanol–water partition coefficient (Wildman–Crippen LogP) is 2.16. The molecular weight excluding hydrogens is 263 g/mol. The Kier molecular flexibility index (Phi) is 4.86. The van der Waals surface area contributed by atoms with E-state index in [0.29, 0.717) is 24.8 Å². The van der Waals surface area contributed by atoms with Crippen molar-refractivity contribution in [2.24, 2.45) is 11.7 Å². The van der Waals surface area contributed by atoms with Crippen LogP contribution < -0.4 is 5.73 Å². The molecule has 2 atom stereocenters. The molecule has 2 unspecified atom stereocenters. The molecule has 1 aromatic heterocycles. The number of furan rings is 1. The molecule has 0 aliphatic carbocycles. The van der Waals surface area contributed by atoms with Gasteiger partial charge in [0.15, 0.2) is 11.0 Å². The second kappa shape index (κ2) is 5.76. The summed E-state index contributed by atoms with van der Waals surface area (Å²) in [7, 11) is 0. The third kappa shape index (κ3) is 3.15. The number of piperidine rings is 1. The fourth-order valence-corrected chi connectivity index (χ4v) is 2.08. The number of amides is 1. The van der Waals surface area contributed by atoms with Gasteiger partial charge in [-0.25, -0.2) is 0 Å². The number of hydrogen-bond acceptors (Lipinski definition) is 3. The SMILES string of the molecule is CC1CN(C(=O)c2ccc(Cl)o2)CCC1N.Cl. The molecule has 0 bridgehead atoms. The van der Waals surface area contributed by atoms with Gasteiger partial charge in [-0.3, -0.25) is 4.79 Å². The van der Waals surface area contributed by atoms with Crippen molar-refractivity contribution in [3.05, 3.63) is 23.1 Å². The van der Waals surface area contributed by atoms with E-state index in [2.05, 4.69) is 6.92 Å². The van der Waals surface area contributed by atoms with Gasteiger partial charge in [0, 0.05) is 19.1 Å². The molecule has 1 aromatic rings. The second-order valence-corrected chi connectivity index (χ2v) is 4.66. The smallest absolute Gasteiger partial charge is 0.289 e. The Bertz CT molecular complexity index is 395. The van der Waals surface area contributed by atoms with E-state index in [1.807, 2.05) is 0 Å². The van der Waals surface area contributed by atoms with Crippen molar-refractivity contribution in [2.45, 2.75) is 19.4 Å². The second-order valence-electron chi connectivity index (χ2n) is 4.28. The number of carbonyl (C=O) groups is 1. The summed E-state index contributed by atoms with van der Waals surface area (Å²) >= 11 is 5.64. The van der Waals surface area contributed by atoms with E-state index in [-0.39, 0.29) is 29.6 Å². The van der Waals surface area contributed by atoms with E-state index < -0.39 is 0 Å². The lowest BCUT2D eigenvalue weighted by Crippen LogP contribution is -2.48. The van der Waals surface area contributed by atoms with Crippen molar-refractivity contribution in [3.8, 4) is 0 Å². The third-order valence-electron chi connectivity index (χ3n) is 3.04. The number of halogens is 2. The van der Waals surface area contributed by atoms with Crippen molar-refractivity contribution in [3.63, 3.8) is 0 Å². The fourth-order valence-electron chi connectivity index (χ4n) is 1.93. The van der Waals surface area contributed by atoms with Crippen LogP contribution in [0.15, 0.2) is 16.5 Å². The van der Waals surface area contributed by atoms with Gasteiger partial charge in [-0.05, 0) is 36.1 Å². The number of nitrogens with zero attached hydrogens (tertiary/aromatic N) is 1. The highest BCUT2D eigenvalue weighted by molar-refractivity contribution is 6.29. The summed E-state index contributed by atoms with van der Waals surface area (Å²) in [6.45, 7) is 3.42. The number of likely N-dealkylation sites (tertiary alicyclic amines) is 1. The molecule has 0 aromatic carbocycles. The number of hydrogen-bond donors (Lipinski definition) is 1. The van der Waals surface area contributed by atoms with Crippen molar-refractivity contribution in [1.29, 1.82) is 0 Å². The summed E-state index contributed by atoms with van der Waals surface area (Å²) in [5, 5.41) is 0.241. The molecule has 17 heavy (non-hydrogen) atoms. The Morgan fingerprint density at radius 3 is 2.82 bits per heavy atom. The van der Waals surface area contributed by atoms with Gasteiger partial charge in [0.05, 0.1) is 0 Å². The Balaban J connectivity index is 0.00000144. The van der Waals surface area contributed by atoms with Crippen LogP contribution in [0.5, 0.6) is 0 Å². The molecule has 2 N–H and O–H groups in total. The lowest BCUT2D eigenvalue weighted by Gasteiger charge is -2.34. The molecule has 1 saturated heterocycles. The van der Waals surface area contributed by atoms with Crippen molar-refractivity contribution in [1.82, 2.24) is 4.90 Å². The van der Waals surface area contributed by atoms with Crippen molar-refractivity contribution < 1.29 is 9.21 Å². The molecule has 96 valence electrons. The predicted molar refractivity (Wildman–Crippen MR) is 68.6 cm³/mol. The van der Waals surface area contributed by atoms with Crippen molar-refractivity contribution >= 4 is 29.9 Å². The molecule has 1 fully saturated rings. The molecule has 6 heteroatoms. The topological polar surface area (TPSA) is 59.5 Å². The molecule has 1 amide bonds. The van der Waals surface area contributed by atoms with Gasteiger partial charge in [0.2, 0.25) is 0 Å². The largest absolute Gasteiger partial charge is 0.440 e. The fraction of sp³-hybridized carbons (Fsp3) is 0.545. The van der Waals surface area contributed by atoms with Crippen LogP contribution in [-0.2, 0) is 0 Å². The van der Waals surface area contributed by atoms with Gasteiger partial charge in [0.25, 0.3) is 5.91 Å². The Morgan fingerprint density at radius 1 is 1.59 bits per heavy atom. The molecule has 2 rings (SSSR count). The van der Waals surface area contributed by atoms with Gasteiger partial charge in [0.1, 0.15) is 0 Å². The van der Waals surface area contributed by atoms with Gasteiger partial charge in [-0.1, -0.05) is 6.92 Å². The van der Waals surface area contributed by atoms with Crippen LogP contribution in [-0.4, -0.2) is 29.9 Å². The lowest BCUT2D eigenvalue weighted by atomic mass is 9.95. The number of rotatable bonds is 1. The minimum Gasteiger partial charge on any atom is -0.440 e. The van der Waals surface area contributed by atoms with Crippen LogP contribution in [0.3, 0.4) is 0 Å². The van der Waals surface area contributed by atoms with E-state index in [0.717, 1.165) is 6.42 Å². The summed E-state index contributed by atoms with van der Waals surface area (Å²) in [4.78, 5) is 13.8. The molecule has 0 radical (unpaired) electrons. The first-order valence-electron chi connectivity index (χ1n) is 5.38.